The third-order valence-corrected chi connectivity index (χ3v) is 4.59. The Balaban J connectivity index is 1.95. The average molecular weight is 283 g/mol. The number of fused-ring (bicyclic) bond motifs is 1. The Bertz CT molecular complexity index is 395. The van der Waals surface area contributed by atoms with Gasteiger partial charge in [0.2, 0.25) is 0 Å². The van der Waals surface area contributed by atoms with Gasteiger partial charge in [-0.1, -0.05) is 19.9 Å². The highest BCUT2D eigenvalue weighted by Crippen LogP contribution is 2.29. The molecule has 1 fully saturated rings. The number of aliphatic hydroxyl groups excluding tert-OH is 1. The Labute approximate surface area is 120 Å². The fourth-order valence-corrected chi connectivity index (χ4v) is 3.14. The van der Waals surface area contributed by atoms with Crippen molar-refractivity contribution in [2.24, 2.45) is 5.92 Å². The van der Waals surface area contributed by atoms with Gasteiger partial charge in [-0.2, -0.15) is 0 Å². The molecule has 5 heteroatoms. The van der Waals surface area contributed by atoms with Crippen LogP contribution >= 0.6 is 0 Å². The Morgan fingerprint density at radius 3 is 2.85 bits per heavy atom. The van der Waals surface area contributed by atoms with Gasteiger partial charge >= 0.3 is 5.97 Å². The van der Waals surface area contributed by atoms with Crippen molar-refractivity contribution in [2.75, 3.05) is 19.7 Å². The molecule has 2 aliphatic heterocycles. The number of nitrogens with zero attached hydrogens (tertiary/aromatic N) is 1. The van der Waals surface area contributed by atoms with E-state index in [-0.39, 0.29) is 6.61 Å². The van der Waals surface area contributed by atoms with Gasteiger partial charge in [0.1, 0.15) is 6.61 Å². The largest absolute Gasteiger partial charge is 0.459 e. The second-order valence-corrected chi connectivity index (χ2v) is 6.16. The number of carbonyl (C=O) groups is 1. The van der Waals surface area contributed by atoms with E-state index in [0.717, 1.165) is 25.1 Å². The highest BCUT2D eigenvalue weighted by molar-refractivity contribution is 5.80. The molecule has 5 nitrogen and oxygen atoms in total. The SMILES string of the molecule is CC(C)C(O)(C(=O)OCC1=CCN2CCCC12)C(C)O. The fraction of sp³-hybridized carbons (Fsp3) is 0.800. The maximum Gasteiger partial charge on any atom is 0.341 e. The van der Waals surface area contributed by atoms with Gasteiger partial charge in [-0.3, -0.25) is 4.90 Å². The van der Waals surface area contributed by atoms with Crippen LogP contribution in [-0.2, 0) is 9.53 Å². The number of carbonyl (C=O) groups excluding carboxylic acids is 1. The molecule has 3 atom stereocenters. The lowest BCUT2D eigenvalue weighted by molar-refractivity contribution is -0.183. The van der Waals surface area contributed by atoms with Gasteiger partial charge in [0.15, 0.2) is 5.60 Å². The van der Waals surface area contributed by atoms with E-state index in [1.165, 1.54) is 13.3 Å². The summed E-state index contributed by atoms with van der Waals surface area (Å²) in [4.78, 5) is 14.5. The predicted molar refractivity (Wildman–Crippen MR) is 75.1 cm³/mol. The van der Waals surface area contributed by atoms with E-state index in [1.54, 1.807) is 13.8 Å². The van der Waals surface area contributed by atoms with Gasteiger partial charge < -0.3 is 14.9 Å². The molecule has 0 radical (unpaired) electrons. The summed E-state index contributed by atoms with van der Waals surface area (Å²) in [6.07, 6.45) is 3.23. The molecule has 0 saturated carbocycles. The highest BCUT2D eigenvalue weighted by Gasteiger charge is 2.46. The van der Waals surface area contributed by atoms with Gasteiger partial charge in [-0.25, -0.2) is 4.79 Å². The van der Waals surface area contributed by atoms with Crippen molar-refractivity contribution in [3.8, 4) is 0 Å². The van der Waals surface area contributed by atoms with Gasteiger partial charge in [0, 0.05) is 12.6 Å². The Hall–Kier alpha value is -0.910. The zero-order valence-electron chi connectivity index (χ0n) is 12.5. The van der Waals surface area contributed by atoms with Crippen LogP contribution in [-0.4, -0.2) is 58.5 Å². The molecule has 0 aliphatic carbocycles. The monoisotopic (exact) mass is 283 g/mol. The molecule has 3 unspecified atom stereocenters. The zero-order chi connectivity index (χ0) is 14.9. The van der Waals surface area contributed by atoms with Crippen molar-refractivity contribution < 1.29 is 19.7 Å². The molecular weight excluding hydrogens is 258 g/mol. The normalized spacial score (nSPS) is 27.1. The molecule has 114 valence electrons. The maximum atomic E-state index is 12.1. The molecular formula is C15H25NO4. The van der Waals surface area contributed by atoms with Crippen LogP contribution < -0.4 is 0 Å². The Kier molecular flexibility index (Phi) is 4.52. The zero-order valence-corrected chi connectivity index (χ0v) is 12.5. The van der Waals surface area contributed by atoms with Crippen LogP contribution in [0.15, 0.2) is 11.6 Å². The van der Waals surface area contributed by atoms with Crippen LogP contribution in [0, 0.1) is 5.92 Å². The van der Waals surface area contributed by atoms with E-state index in [9.17, 15) is 15.0 Å². The van der Waals surface area contributed by atoms with Gasteiger partial charge in [0.05, 0.1) is 6.10 Å². The third kappa shape index (κ3) is 2.62. The first kappa shape index (κ1) is 15.5. The summed E-state index contributed by atoms with van der Waals surface area (Å²) in [7, 11) is 0. The molecule has 2 aliphatic rings. The second kappa shape index (κ2) is 5.84. The van der Waals surface area contributed by atoms with Crippen LogP contribution in [0.5, 0.6) is 0 Å². The number of hydrogen-bond acceptors (Lipinski definition) is 5. The minimum atomic E-state index is -1.84. The van der Waals surface area contributed by atoms with Crippen LogP contribution in [0.3, 0.4) is 0 Å². The third-order valence-electron chi connectivity index (χ3n) is 4.59. The van der Waals surface area contributed by atoms with Gasteiger partial charge in [-0.05, 0) is 37.8 Å². The number of ether oxygens (including phenoxy) is 1. The summed E-state index contributed by atoms with van der Waals surface area (Å²) < 4.78 is 5.28. The second-order valence-electron chi connectivity index (χ2n) is 6.16. The quantitative estimate of drug-likeness (QED) is 0.574. The van der Waals surface area contributed by atoms with Crippen molar-refractivity contribution in [3.63, 3.8) is 0 Å². The van der Waals surface area contributed by atoms with Crippen molar-refractivity contribution in [2.45, 2.75) is 51.4 Å². The minimum Gasteiger partial charge on any atom is -0.459 e. The summed E-state index contributed by atoms with van der Waals surface area (Å²) >= 11 is 0. The smallest absolute Gasteiger partial charge is 0.341 e. The molecule has 20 heavy (non-hydrogen) atoms. The summed E-state index contributed by atoms with van der Waals surface area (Å²) in [5.41, 5.74) is -0.721. The number of aliphatic hydroxyl groups is 2. The van der Waals surface area contributed by atoms with Gasteiger partial charge in [-0.15, -0.1) is 0 Å². The first-order chi connectivity index (χ1) is 9.37. The van der Waals surface area contributed by atoms with E-state index in [2.05, 4.69) is 11.0 Å². The van der Waals surface area contributed by atoms with E-state index in [0.29, 0.717) is 6.04 Å². The van der Waals surface area contributed by atoms with E-state index in [1.807, 2.05) is 0 Å². The van der Waals surface area contributed by atoms with Gasteiger partial charge in [0.25, 0.3) is 0 Å². The van der Waals surface area contributed by atoms with Crippen LogP contribution in [0.25, 0.3) is 0 Å². The molecule has 0 bridgehead atoms. The topological polar surface area (TPSA) is 70.0 Å². The van der Waals surface area contributed by atoms with E-state index >= 15 is 0 Å². The number of rotatable bonds is 5. The van der Waals surface area contributed by atoms with Crippen molar-refractivity contribution in [1.82, 2.24) is 4.90 Å². The molecule has 2 rings (SSSR count). The molecule has 0 spiro atoms. The summed E-state index contributed by atoms with van der Waals surface area (Å²) in [6.45, 7) is 7.03. The molecule has 1 saturated heterocycles. The minimum absolute atomic E-state index is 0.210. The van der Waals surface area contributed by atoms with Crippen molar-refractivity contribution in [3.05, 3.63) is 11.6 Å². The first-order valence-corrected chi connectivity index (χ1v) is 7.38. The molecule has 0 aromatic rings. The molecule has 0 aromatic heterocycles. The lowest BCUT2D eigenvalue weighted by atomic mass is 9.85. The van der Waals surface area contributed by atoms with E-state index < -0.39 is 23.6 Å². The molecule has 2 N–H and O–H groups in total. The highest BCUT2D eigenvalue weighted by atomic mass is 16.6. The lowest BCUT2D eigenvalue weighted by Gasteiger charge is -2.32. The van der Waals surface area contributed by atoms with E-state index in [4.69, 9.17) is 4.74 Å². The average Bonchev–Trinajstić information content (AvgIpc) is 2.97. The summed E-state index contributed by atoms with van der Waals surface area (Å²) in [5, 5.41) is 20.0. The summed E-state index contributed by atoms with van der Waals surface area (Å²) in [6, 6.07) is 0.390. The van der Waals surface area contributed by atoms with Crippen LogP contribution in [0.1, 0.15) is 33.6 Å². The Morgan fingerprint density at radius 1 is 1.55 bits per heavy atom. The van der Waals surface area contributed by atoms with Crippen LogP contribution in [0.2, 0.25) is 0 Å². The first-order valence-electron chi connectivity index (χ1n) is 7.38. The Morgan fingerprint density at radius 2 is 2.25 bits per heavy atom. The molecule has 0 aromatic carbocycles. The summed E-state index contributed by atoms with van der Waals surface area (Å²) in [5.74, 6) is -1.14. The number of esters is 1. The van der Waals surface area contributed by atoms with Crippen molar-refractivity contribution >= 4 is 5.97 Å². The molecule has 2 heterocycles. The molecule has 0 amide bonds. The van der Waals surface area contributed by atoms with Crippen LogP contribution in [0.4, 0.5) is 0 Å². The predicted octanol–water partition coefficient (Wildman–Crippen LogP) is 0.702. The fourth-order valence-electron chi connectivity index (χ4n) is 3.14. The van der Waals surface area contributed by atoms with Crippen molar-refractivity contribution in [1.29, 1.82) is 0 Å². The standard InChI is InChI=1S/C15H25NO4/c1-10(2)15(19,11(3)17)14(18)20-9-12-6-8-16-7-4-5-13(12)16/h6,10-11,13,17,19H,4-5,7-9H2,1-3H3. The maximum absolute atomic E-state index is 12.1. The number of hydrogen-bond donors (Lipinski definition) is 2. The lowest BCUT2D eigenvalue weighted by Crippen LogP contribution is -2.53.